The molecule has 0 bridgehead atoms. The van der Waals surface area contributed by atoms with E-state index < -0.39 is 5.41 Å². The van der Waals surface area contributed by atoms with Crippen LogP contribution in [0.2, 0.25) is 0 Å². The van der Waals surface area contributed by atoms with Crippen molar-refractivity contribution in [1.29, 1.82) is 0 Å². The van der Waals surface area contributed by atoms with Gasteiger partial charge in [0.05, 0.1) is 5.41 Å². The van der Waals surface area contributed by atoms with Gasteiger partial charge in [0.2, 0.25) is 5.91 Å². The zero-order valence-electron chi connectivity index (χ0n) is 12.2. The smallest absolute Gasteiger partial charge is 0.230 e. The van der Waals surface area contributed by atoms with Crippen LogP contribution >= 0.6 is 12.4 Å². The van der Waals surface area contributed by atoms with Crippen molar-refractivity contribution < 1.29 is 13.9 Å². The van der Waals surface area contributed by atoms with Crippen LogP contribution in [0, 0.1) is 11.2 Å². The summed E-state index contributed by atoms with van der Waals surface area (Å²) in [7, 11) is 1.70. The molecule has 1 aromatic carbocycles. The third kappa shape index (κ3) is 3.93. The Morgan fingerprint density at radius 2 is 2.00 bits per heavy atom. The van der Waals surface area contributed by atoms with Crippen LogP contribution in [0.3, 0.4) is 0 Å². The Kier molecular flexibility index (Phi) is 6.58. The topological polar surface area (TPSA) is 55.6 Å². The molecule has 1 fully saturated rings. The van der Waals surface area contributed by atoms with Gasteiger partial charge in [0, 0.05) is 38.9 Å². The third-order valence-electron chi connectivity index (χ3n) is 4.01. The van der Waals surface area contributed by atoms with Gasteiger partial charge in [-0.1, -0.05) is 18.2 Å². The minimum atomic E-state index is -0.557. The van der Waals surface area contributed by atoms with Crippen molar-refractivity contribution in [2.24, 2.45) is 11.1 Å². The lowest BCUT2D eigenvalue weighted by molar-refractivity contribution is -0.146. The number of carbonyl (C=O) groups excluding carboxylic acids is 1. The maximum Gasteiger partial charge on any atom is 0.230 e. The summed E-state index contributed by atoms with van der Waals surface area (Å²) >= 11 is 0. The summed E-state index contributed by atoms with van der Waals surface area (Å²) < 4.78 is 19.0. The quantitative estimate of drug-likeness (QED) is 0.924. The van der Waals surface area contributed by atoms with Crippen LogP contribution in [0.4, 0.5) is 4.39 Å². The Morgan fingerprint density at radius 1 is 1.38 bits per heavy atom. The molecule has 1 aromatic rings. The summed E-state index contributed by atoms with van der Waals surface area (Å²) in [5.41, 5.74) is 5.78. The fourth-order valence-corrected chi connectivity index (χ4v) is 2.63. The van der Waals surface area contributed by atoms with E-state index in [1.165, 1.54) is 6.07 Å². The largest absolute Gasteiger partial charge is 0.381 e. The van der Waals surface area contributed by atoms with E-state index in [4.69, 9.17) is 10.5 Å². The van der Waals surface area contributed by atoms with Gasteiger partial charge in [-0.3, -0.25) is 4.79 Å². The van der Waals surface area contributed by atoms with Gasteiger partial charge in [-0.15, -0.1) is 12.4 Å². The van der Waals surface area contributed by atoms with E-state index in [0.29, 0.717) is 38.2 Å². The Morgan fingerprint density at radius 3 is 2.57 bits per heavy atom. The van der Waals surface area contributed by atoms with Gasteiger partial charge in [0.15, 0.2) is 0 Å². The molecule has 0 atom stereocenters. The molecule has 1 aliphatic heterocycles. The standard InChI is InChI=1S/C15H21FN2O2.ClH/c1-18(10-12-4-2-3-5-13(12)16)14(19)15(11-17)6-8-20-9-7-15;/h2-5H,6-11,17H2,1H3;1H. The predicted molar refractivity (Wildman–Crippen MR) is 81.7 cm³/mol. The first-order valence-electron chi connectivity index (χ1n) is 6.86. The van der Waals surface area contributed by atoms with Crippen LogP contribution in [0.5, 0.6) is 0 Å². The molecule has 6 heteroatoms. The first-order chi connectivity index (χ1) is 9.59. The van der Waals surface area contributed by atoms with E-state index in [0.717, 1.165) is 0 Å². The van der Waals surface area contributed by atoms with E-state index in [1.54, 1.807) is 30.1 Å². The molecular formula is C15H22ClFN2O2. The summed E-state index contributed by atoms with van der Waals surface area (Å²) in [5.74, 6) is -0.313. The van der Waals surface area contributed by atoms with E-state index in [1.807, 2.05) is 0 Å². The molecule has 21 heavy (non-hydrogen) atoms. The lowest BCUT2D eigenvalue weighted by Gasteiger charge is -2.37. The monoisotopic (exact) mass is 316 g/mol. The van der Waals surface area contributed by atoms with Crippen LogP contribution in [-0.2, 0) is 16.1 Å². The first kappa shape index (κ1) is 17.9. The second-order valence-corrected chi connectivity index (χ2v) is 5.35. The number of hydrogen-bond acceptors (Lipinski definition) is 3. The molecule has 2 N–H and O–H groups in total. The van der Waals surface area contributed by atoms with Gasteiger partial charge in [-0.05, 0) is 18.9 Å². The number of nitrogens with two attached hydrogens (primary N) is 1. The van der Waals surface area contributed by atoms with E-state index in [9.17, 15) is 9.18 Å². The number of amides is 1. The molecule has 1 amide bonds. The lowest BCUT2D eigenvalue weighted by atomic mass is 9.79. The number of hydrogen-bond donors (Lipinski definition) is 1. The molecule has 0 aromatic heterocycles. The summed E-state index contributed by atoms with van der Waals surface area (Å²) in [6.07, 6.45) is 1.26. The zero-order valence-corrected chi connectivity index (χ0v) is 13.0. The van der Waals surface area contributed by atoms with Crippen molar-refractivity contribution in [2.75, 3.05) is 26.8 Å². The highest BCUT2D eigenvalue weighted by atomic mass is 35.5. The number of benzene rings is 1. The Hall–Kier alpha value is -1.17. The summed E-state index contributed by atoms with van der Waals surface area (Å²) in [6.45, 7) is 1.66. The van der Waals surface area contributed by atoms with Crippen molar-refractivity contribution in [3.05, 3.63) is 35.6 Å². The number of nitrogens with zero attached hydrogens (tertiary/aromatic N) is 1. The number of carbonyl (C=O) groups is 1. The predicted octanol–water partition coefficient (Wildman–Crippen LogP) is 1.96. The molecule has 1 heterocycles. The van der Waals surface area contributed by atoms with Crippen LogP contribution < -0.4 is 5.73 Å². The van der Waals surface area contributed by atoms with Crippen molar-refractivity contribution in [1.82, 2.24) is 4.90 Å². The zero-order chi connectivity index (χ0) is 14.6. The molecule has 0 saturated carbocycles. The van der Waals surface area contributed by atoms with E-state index in [2.05, 4.69) is 0 Å². The Labute approximate surface area is 130 Å². The van der Waals surface area contributed by atoms with Crippen LogP contribution in [0.15, 0.2) is 24.3 Å². The van der Waals surface area contributed by atoms with Crippen molar-refractivity contribution in [3.8, 4) is 0 Å². The summed E-state index contributed by atoms with van der Waals surface area (Å²) in [6, 6.07) is 6.50. The average molecular weight is 317 g/mol. The highest BCUT2D eigenvalue weighted by Gasteiger charge is 2.40. The molecular weight excluding hydrogens is 295 g/mol. The lowest BCUT2D eigenvalue weighted by Crippen LogP contribution is -2.49. The fraction of sp³-hybridized carbons (Fsp3) is 0.533. The van der Waals surface area contributed by atoms with Gasteiger partial charge in [0.25, 0.3) is 0 Å². The van der Waals surface area contributed by atoms with Gasteiger partial charge in [-0.25, -0.2) is 4.39 Å². The molecule has 4 nitrogen and oxygen atoms in total. The van der Waals surface area contributed by atoms with Crippen LogP contribution in [0.1, 0.15) is 18.4 Å². The molecule has 0 radical (unpaired) electrons. The SMILES string of the molecule is CN(Cc1ccccc1F)C(=O)C1(CN)CCOCC1.Cl. The number of rotatable bonds is 4. The number of ether oxygens (including phenoxy) is 1. The molecule has 2 rings (SSSR count). The summed E-state index contributed by atoms with van der Waals surface area (Å²) in [5, 5.41) is 0. The molecule has 1 saturated heterocycles. The van der Waals surface area contributed by atoms with Gasteiger partial charge >= 0.3 is 0 Å². The first-order valence-corrected chi connectivity index (χ1v) is 6.86. The maximum absolute atomic E-state index is 13.7. The minimum absolute atomic E-state index is 0. The van der Waals surface area contributed by atoms with E-state index in [-0.39, 0.29) is 30.7 Å². The minimum Gasteiger partial charge on any atom is -0.381 e. The normalized spacial score (nSPS) is 16.9. The molecule has 0 spiro atoms. The van der Waals surface area contributed by atoms with Gasteiger partial charge in [-0.2, -0.15) is 0 Å². The highest BCUT2D eigenvalue weighted by molar-refractivity contribution is 5.85. The molecule has 0 unspecified atom stereocenters. The average Bonchev–Trinajstić information content (AvgIpc) is 2.49. The highest BCUT2D eigenvalue weighted by Crippen LogP contribution is 2.31. The fourth-order valence-electron chi connectivity index (χ4n) is 2.63. The molecule has 118 valence electrons. The second-order valence-electron chi connectivity index (χ2n) is 5.35. The molecule has 1 aliphatic rings. The van der Waals surface area contributed by atoms with Crippen LogP contribution in [0.25, 0.3) is 0 Å². The van der Waals surface area contributed by atoms with Crippen LogP contribution in [-0.4, -0.2) is 37.6 Å². The Bertz CT molecular complexity index is 478. The third-order valence-corrected chi connectivity index (χ3v) is 4.01. The summed E-state index contributed by atoms with van der Waals surface area (Å²) in [4.78, 5) is 14.2. The maximum atomic E-state index is 13.7. The second kappa shape index (κ2) is 7.73. The van der Waals surface area contributed by atoms with Gasteiger partial charge in [0.1, 0.15) is 5.82 Å². The number of halogens is 2. The molecule has 0 aliphatic carbocycles. The Balaban J connectivity index is 0.00000220. The van der Waals surface area contributed by atoms with Crippen molar-refractivity contribution in [2.45, 2.75) is 19.4 Å². The van der Waals surface area contributed by atoms with Crippen molar-refractivity contribution in [3.63, 3.8) is 0 Å². The van der Waals surface area contributed by atoms with E-state index >= 15 is 0 Å². The van der Waals surface area contributed by atoms with Crippen molar-refractivity contribution >= 4 is 18.3 Å². The van der Waals surface area contributed by atoms with Gasteiger partial charge < -0.3 is 15.4 Å².